The number of benzene rings is 2. The van der Waals surface area contributed by atoms with Gasteiger partial charge in [-0.2, -0.15) is 0 Å². The number of thiophene rings is 1. The molecule has 136 valence electrons. The molecule has 2 aromatic carbocycles. The topological polar surface area (TPSA) is 41.6 Å². The van der Waals surface area contributed by atoms with Gasteiger partial charge in [-0.3, -0.25) is 4.79 Å². The van der Waals surface area contributed by atoms with Crippen LogP contribution in [0.25, 0.3) is 10.1 Å². The number of rotatable bonds is 6. The quantitative estimate of drug-likeness (QED) is 0.706. The Balaban J connectivity index is 1.81. The van der Waals surface area contributed by atoms with Crippen LogP contribution in [0.5, 0.6) is 0 Å². The third-order valence-electron chi connectivity index (χ3n) is 4.16. The van der Waals surface area contributed by atoms with Crippen LogP contribution in [0.1, 0.15) is 20.8 Å². The van der Waals surface area contributed by atoms with E-state index in [2.05, 4.69) is 5.32 Å². The lowest BCUT2D eigenvalue weighted by Crippen LogP contribution is -2.23. The van der Waals surface area contributed by atoms with Gasteiger partial charge in [-0.25, -0.2) is 4.39 Å². The number of fused-ring (bicyclic) bond motifs is 1. The van der Waals surface area contributed by atoms with Crippen LogP contribution in [0.3, 0.4) is 0 Å². The van der Waals surface area contributed by atoms with Crippen LogP contribution in [-0.4, -0.2) is 27.1 Å². The Morgan fingerprint density at radius 2 is 1.92 bits per heavy atom. The lowest BCUT2D eigenvalue weighted by Gasteiger charge is -2.13. The maximum Gasteiger partial charge on any atom is 0.262 e. The average Bonchev–Trinajstić information content (AvgIpc) is 3.00. The molecule has 0 unspecified atom stereocenters. The molecule has 1 N–H and O–H groups in total. The Morgan fingerprint density at radius 1 is 1.19 bits per heavy atom. The summed E-state index contributed by atoms with van der Waals surface area (Å²) in [7, 11) is 5.50. The van der Waals surface area contributed by atoms with Crippen molar-refractivity contribution in [2.45, 2.75) is 13.2 Å². The smallest absolute Gasteiger partial charge is 0.262 e. The van der Waals surface area contributed by atoms with Gasteiger partial charge >= 0.3 is 0 Å². The van der Waals surface area contributed by atoms with Gasteiger partial charge < -0.3 is 15.0 Å². The summed E-state index contributed by atoms with van der Waals surface area (Å²) in [6, 6.07) is 12.9. The van der Waals surface area contributed by atoms with Gasteiger partial charge in [0, 0.05) is 49.1 Å². The fraction of sp³-hybridized carbons (Fsp3) is 0.250. The molecule has 0 radical (unpaired) electrons. The van der Waals surface area contributed by atoms with Crippen molar-refractivity contribution in [1.82, 2.24) is 5.32 Å². The lowest BCUT2D eigenvalue weighted by molar-refractivity contribution is 0.0950. The second kappa shape index (κ2) is 7.85. The molecule has 26 heavy (non-hydrogen) atoms. The Morgan fingerprint density at radius 3 is 2.58 bits per heavy atom. The van der Waals surface area contributed by atoms with Gasteiger partial charge in [0.25, 0.3) is 5.91 Å². The minimum atomic E-state index is -0.330. The number of hydrogen-bond acceptors (Lipinski definition) is 4. The molecule has 0 bridgehead atoms. The van der Waals surface area contributed by atoms with Crippen molar-refractivity contribution in [3.05, 3.63) is 64.3 Å². The normalized spacial score (nSPS) is 10.9. The molecule has 1 heterocycles. The summed E-state index contributed by atoms with van der Waals surface area (Å²) in [4.78, 5) is 15.2. The minimum absolute atomic E-state index is 0.196. The van der Waals surface area contributed by atoms with Crippen molar-refractivity contribution in [3.63, 3.8) is 0 Å². The maximum absolute atomic E-state index is 14.2. The third kappa shape index (κ3) is 3.71. The summed E-state index contributed by atoms with van der Waals surface area (Å²) in [6.07, 6.45) is 0. The molecule has 0 fully saturated rings. The molecular formula is C20H21FN2O2S. The highest BCUT2D eigenvalue weighted by molar-refractivity contribution is 7.21. The number of anilines is 1. The number of carbonyl (C=O) groups is 1. The van der Waals surface area contributed by atoms with E-state index in [1.54, 1.807) is 13.2 Å². The molecule has 0 aliphatic rings. The minimum Gasteiger partial charge on any atom is -0.380 e. The Kier molecular flexibility index (Phi) is 5.54. The monoisotopic (exact) mass is 372 g/mol. The largest absolute Gasteiger partial charge is 0.380 e. The molecule has 6 heteroatoms. The summed E-state index contributed by atoms with van der Waals surface area (Å²) in [5.41, 5.74) is 2.71. The highest BCUT2D eigenvalue weighted by Gasteiger charge is 2.20. The molecule has 0 aliphatic carbocycles. The second-order valence-electron chi connectivity index (χ2n) is 6.20. The number of nitrogens with one attached hydrogen (secondary N) is 1. The number of halogens is 1. The molecule has 0 atom stereocenters. The van der Waals surface area contributed by atoms with Crippen LogP contribution in [0.2, 0.25) is 0 Å². The summed E-state index contributed by atoms with van der Waals surface area (Å²) in [5, 5.41) is 3.40. The fourth-order valence-electron chi connectivity index (χ4n) is 2.81. The summed E-state index contributed by atoms with van der Waals surface area (Å²) in [6.45, 7) is 0.608. The van der Waals surface area contributed by atoms with Crippen molar-refractivity contribution in [1.29, 1.82) is 0 Å². The Labute approximate surface area is 156 Å². The van der Waals surface area contributed by atoms with Crippen molar-refractivity contribution in [3.8, 4) is 0 Å². The van der Waals surface area contributed by atoms with Gasteiger partial charge in [0.2, 0.25) is 0 Å². The highest BCUT2D eigenvalue weighted by atomic mass is 32.1. The van der Waals surface area contributed by atoms with Crippen LogP contribution < -0.4 is 10.2 Å². The Bertz CT molecular complexity index is 919. The van der Waals surface area contributed by atoms with Gasteiger partial charge in [0.05, 0.1) is 11.5 Å². The van der Waals surface area contributed by atoms with Crippen LogP contribution in [0.4, 0.5) is 10.1 Å². The van der Waals surface area contributed by atoms with E-state index in [1.165, 1.54) is 17.4 Å². The molecule has 3 rings (SSSR count). The zero-order valence-corrected chi connectivity index (χ0v) is 15.8. The molecule has 0 saturated carbocycles. The predicted octanol–water partition coefficient (Wildman–Crippen LogP) is 4.18. The first-order valence-corrected chi connectivity index (χ1v) is 9.06. The van der Waals surface area contributed by atoms with Crippen molar-refractivity contribution < 1.29 is 13.9 Å². The third-order valence-corrected chi connectivity index (χ3v) is 5.36. The van der Waals surface area contributed by atoms with E-state index in [0.717, 1.165) is 16.0 Å². The first-order chi connectivity index (χ1) is 12.5. The number of carbonyl (C=O) groups excluding carboxylic acids is 1. The zero-order valence-electron chi connectivity index (χ0n) is 15.0. The first kappa shape index (κ1) is 18.4. The molecule has 1 amide bonds. The summed E-state index contributed by atoms with van der Waals surface area (Å²) < 4.78 is 20.2. The zero-order chi connectivity index (χ0) is 18.7. The number of amides is 1. The summed E-state index contributed by atoms with van der Waals surface area (Å²) >= 11 is 1.29. The van der Waals surface area contributed by atoms with Crippen LogP contribution in [0.15, 0.2) is 42.5 Å². The molecule has 0 aliphatic heterocycles. The maximum atomic E-state index is 14.2. The molecule has 0 saturated heterocycles. The van der Waals surface area contributed by atoms with E-state index in [1.807, 2.05) is 49.3 Å². The fourth-order valence-corrected chi connectivity index (χ4v) is 3.95. The average molecular weight is 372 g/mol. The lowest BCUT2D eigenvalue weighted by atomic mass is 10.1. The van der Waals surface area contributed by atoms with Gasteiger partial charge in [-0.05, 0) is 29.8 Å². The van der Waals surface area contributed by atoms with Crippen molar-refractivity contribution in [2.24, 2.45) is 0 Å². The van der Waals surface area contributed by atoms with E-state index in [-0.39, 0.29) is 18.3 Å². The summed E-state index contributed by atoms with van der Waals surface area (Å²) in [5.74, 6) is -0.543. The van der Waals surface area contributed by atoms with Crippen LogP contribution >= 0.6 is 11.3 Å². The number of ether oxygens (including phenoxy) is 1. The highest BCUT2D eigenvalue weighted by Crippen LogP contribution is 2.33. The number of hydrogen-bond donors (Lipinski definition) is 1. The van der Waals surface area contributed by atoms with Gasteiger partial charge in [-0.1, -0.05) is 18.2 Å². The molecule has 1 aromatic heterocycles. The SMILES string of the molecule is COCc1c(C(=O)NCc2ccc(N(C)C)cc2)sc2cccc(F)c12. The van der Waals surface area contributed by atoms with Gasteiger partial charge in [0.1, 0.15) is 5.82 Å². The van der Waals surface area contributed by atoms with Crippen LogP contribution in [-0.2, 0) is 17.9 Å². The number of nitrogens with zero attached hydrogens (tertiary/aromatic N) is 1. The van der Waals surface area contributed by atoms with E-state index in [9.17, 15) is 9.18 Å². The van der Waals surface area contributed by atoms with E-state index in [0.29, 0.717) is 22.4 Å². The standard InChI is InChI=1S/C20H21FN2O2S/c1-23(2)14-9-7-13(8-10-14)11-22-20(24)19-15(12-25-3)18-16(21)5-4-6-17(18)26-19/h4-10H,11-12H2,1-3H3,(H,22,24). The van der Waals surface area contributed by atoms with Crippen molar-refractivity contribution >= 4 is 33.0 Å². The first-order valence-electron chi connectivity index (χ1n) is 8.24. The molecule has 4 nitrogen and oxygen atoms in total. The number of methoxy groups -OCH3 is 1. The molecule has 3 aromatic rings. The van der Waals surface area contributed by atoms with Crippen LogP contribution in [0, 0.1) is 5.82 Å². The van der Waals surface area contributed by atoms with Gasteiger partial charge in [0.15, 0.2) is 0 Å². The van der Waals surface area contributed by atoms with E-state index in [4.69, 9.17) is 4.74 Å². The van der Waals surface area contributed by atoms with E-state index < -0.39 is 0 Å². The Hall–Kier alpha value is -2.44. The second-order valence-corrected chi connectivity index (χ2v) is 7.25. The van der Waals surface area contributed by atoms with E-state index >= 15 is 0 Å². The van der Waals surface area contributed by atoms with Crippen molar-refractivity contribution in [2.75, 3.05) is 26.1 Å². The molecule has 0 spiro atoms. The molecular weight excluding hydrogens is 351 g/mol. The predicted molar refractivity (Wildman–Crippen MR) is 104 cm³/mol. The van der Waals surface area contributed by atoms with Gasteiger partial charge in [-0.15, -0.1) is 11.3 Å².